The molecule has 0 bridgehead atoms. The predicted octanol–water partition coefficient (Wildman–Crippen LogP) is 5.82. The van der Waals surface area contributed by atoms with Gasteiger partial charge in [-0.05, 0) is 79.4 Å². The molecule has 2 N–H and O–H groups in total. The molecule has 0 aliphatic heterocycles. The molecule has 0 saturated heterocycles. The van der Waals surface area contributed by atoms with E-state index in [0.717, 1.165) is 24.5 Å². The lowest BCUT2D eigenvalue weighted by Crippen LogP contribution is -2.26. The van der Waals surface area contributed by atoms with Gasteiger partial charge >= 0.3 is 6.18 Å². The predicted molar refractivity (Wildman–Crippen MR) is 135 cm³/mol. The van der Waals surface area contributed by atoms with Gasteiger partial charge in [-0.2, -0.15) is 23.4 Å². The molecule has 0 atom stereocenters. The number of pyridine rings is 1. The van der Waals surface area contributed by atoms with Crippen LogP contribution in [-0.2, 0) is 6.18 Å². The minimum absolute atomic E-state index is 0.197. The molecular formula is C28H21F4N5O2. The Balaban J connectivity index is 1.40. The smallest absolute Gasteiger partial charge is 0.348 e. The molecular weight excluding hydrogens is 514 g/mol. The molecule has 11 heteroatoms. The molecule has 0 radical (unpaired) electrons. The first-order chi connectivity index (χ1) is 18.6. The zero-order valence-corrected chi connectivity index (χ0v) is 20.5. The summed E-state index contributed by atoms with van der Waals surface area (Å²) in [5.41, 5.74) is 2.02. The van der Waals surface area contributed by atoms with Crippen molar-refractivity contribution in [1.82, 2.24) is 20.5 Å². The van der Waals surface area contributed by atoms with Crippen LogP contribution in [0.5, 0.6) is 0 Å². The van der Waals surface area contributed by atoms with Gasteiger partial charge in [0.1, 0.15) is 11.5 Å². The van der Waals surface area contributed by atoms with Crippen molar-refractivity contribution in [2.45, 2.75) is 32.0 Å². The number of amides is 2. The van der Waals surface area contributed by atoms with Crippen LogP contribution in [0.15, 0.2) is 67.0 Å². The van der Waals surface area contributed by atoms with Crippen LogP contribution >= 0.6 is 0 Å². The molecule has 2 aromatic carbocycles. The Morgan fingerprint density at radius 2 is 1.74 bits per heavy atom. The Hall–Kier alpha value is -4.67. The number of carbonyl (C=O) groups is 2. The molecule has 2 amide bonds. The molecule has 2 aromatic heterocycles. The summed E-state index contributed by atoms with van der Waals surface area (Å²) in [6.45, 7) is 1.83. The largest absolute Gasteiger partial charge is 0.419 e. The number of carbonyl (C=O) groups excluding carboxylic acids is 2. The number of aryl methyl sites for hydroxylation is 1. The van der Waals surface area contributed by atoms with Crippen LogP contribution in [0.4, 0.5) is 23.2 Å². The summed E-state index contributed by atoms with van der Waals surface area (Å²) in [4.78, 5) is 29.2. The highest BCUT2D eigenvalue weighted by atomic mass is 19.4. The van der Waals surface area contributed by atoms with Gasteiger partial charge in [-0.25, -0.2) is 4.39 Å². The number of alkyl halides is 3. The summed E-state index contributed by atoms with van der Waals surface area (Å²) >= 11 is 0. The third kappa shape index (κ3) is 5.92. The van der Waals surface area contributed by atoms with Crippen molar-refractivity contribution in [3.63, 3.8) is 0 Å². The summed E-state index contributed by atoms with van der Waals surface area (Å²) < 4.78 is 52.8. The Morgan fingerprint density at radius 3 is 2.49 bits per heavy atom. The second-order valence-corrected chi connectivity index (χ2v) is 9.18. The number of halogens is 4. The summed E-state index contributed by atoms with van der Waals surface area (Å²) in [5, 5.41) is 13.7. The summed E-state index contributed by atoms with van der Waals surface area (Å²) in [6, 6.07) is 12.4. The molecule has 4 aromatic rings. The van der Waals surface area contributed by atoms with Gasteiger partial charge in [-0.1, -0.05) is 6.07 Å². The van der Waals surface area contributed by atoms with Gasteiger partial charge in [-0.3, -0.25) is 14.6 Å². The normalized spacial score (nSPS) is 13.2. The first kappa shape index (κ1) is 26.0. The van der Waals surface area contributed by atoms with E-state index in [2.05, 4.69) is 25.8 Å². The van der Waals surface area contributed by atoms with E-state index in [-0.39, 0.29) is 23.2 Å². The van der Waals surface area contributed by atoms with E-state index in [0.29, 0.717) is 40.2 Å². The standard InChI is InChI=1S/C28H21F4N5O2/c1-15-2-4-20(36-26(38)17-3-7-23(29)22(10-17)28(30,31)32)13-21(15)24-12-18(14-34-37-24)16-8-9-33-25(11-16)27(39)35-19-5-6-19/h2-4,7-14,19H,5-6H2,1H3,(H,35,39)(H,36,38). The zero-order chi connectivity index (χ0) is 27.7. The molecule has 0 unspecified atom stereocenters. The van der Waals surface area contributed by atoms with Crippen LogP contribution < -0.4 is 10.6 Å². The van der Waals surface area contributed by atoms with E-state index >= 15 is 0 Å². The van der Waals surface area contributed by atoms with Crippen molar-refractivity contribution in [1.29, 1.82) is 0 Å². The van der Waals surface area contributed by atoms with E-state index in [1.807, 2.05) is 6.92 Å². The monoisotopic (exact) mass is 535 g/mol. The van der Waals surface area contributed by atoms with Crippen LogP contribution in [0.2, 0.25) is 0 Å². The number of nitrogens with one attached hydrogen (secondary N) is 2. The number of rotatable bonds is 6. The van der Waals surface area contributed by atoms with Crippen LogP contribution in [0.3, 0.4) is 0 Å². The Bertz CT molecular complexity index is 1580. The number of aromatic nitrogens is 3. The quantitative estimate of drug-likeness (QED) is 0.304. The van der Waals surface area contributed by atoms with Crippen molar-refractivity contribution >= 4 is 17.5 Å². The SMILES string of the molecule is Cc1ccc(NC(=O)c2ccc(F)c(C(F)(F)F)c2)cc1-c1cc(-c2ccnc(C(=O)NC3CC3)c2)cnn1. The average Bonchev–Trinajstić information content (AvgIpc) is 3.73. The second kappa shape index (κ2) is 10.2. The highest BCUT2D eigenvalue weighted by molar-refractivity contribution is 6.04. The van der Waals surface area contributed by atoms with Crippen LogP contribution in [-0.4, -0.2) is 33.0 Å². The molecule has 1 fully saturated rings. The van der Waals surface area contributed by atoms with Crippen LogP contribution in [0.1, 0.15) is 44.8 Å². The molecule has 5 rings (SSSR count). The number of nitrogens with zero attached hydrogens (tertiary/aromatic N) is 3. The topological polar surface area (TPSA) is 96.9 Å². The lowest BCUT2D eigenvalue weighted by molar-refractivity contribution is -0.140. The zero-order valence-electron chi connectivity index (χ0n) is 20.5. The van der Waals surface area contributed by atoms with Gasteiger partial charge in [0.2, 0.25) is 0 Å². The maximum absolute atomic E-state index is 13.6. The molecule has 1 aliphatic carbocycles. The Morgan fingerprint density at radius 1 is 0.949 bits per heavy atom. The van der Waals surface area contributed by atoms with Crippen LogP contribution in [0, 0.1) is 12.7 Å². The summed E-state index contributed by atoms with van der Waals surface area (Å²) in [6.07, 6.45) is 0.0754. The van der Waals surface area contributed by atoms with Crippen molar-refractivity contribution in [3.05, 3.63) is 95.2 Å². The third-order valence-electron chi connectivity index (χ3n) is 6.20. The number of hydrogen-bond donors (Lipinski definition) is 2. The van der Waals surface area contributed by atoms with Crippen molar-refractivity contribution < 1.29 is 27.2 Å². The Kier molecular flexibility index (Phi) is 6.81. The fourth-order valence-electron chi connectivity index (χ4n) is 3.94. The fraction of sp³-hybridized carbons (Fsp3) is 0.179. The van der Waals surface area contributed by atoms with Crippen molar-refractivity contribution in [2.75, 3.05) is 5.32 Å². The molecule has 1 aliphatic rings. The Labute approximate surface area is 220 Å². The van der Waals surface area contributed by atoms with E-state index in [9.17, 15) is 27.2 Å². The van der Waals surface area contributed by atoms with E-state index in [4.69, 9.17) is 0 Å². The lowest BCUT2D eigenvalue weighted by atomic mass is 10.0. The van der Waals surface area contributed by atoms with Gasteiger partial charge in [0, 0.05) is 34.6 Å². The number of anilines is 1. The van der Waals surface area contributed by atoms with Gasteiger partial charge < -0.3 is 10.6 Å². The summed E-state index contributed by atoms with van der Waals surface area (Å²) in [7, 11) is 0. The molecule has 39 heavy (non-hydrogen) atoms. The first-order valence-electron chi connectivity index (χ1n) is 12.0. The van der Waals surface area contributed by atoms with Crippen LogP contribution in [0.25, 0.3) is 22.4 Å². The van der Waals surface area contributed by atoms with E-state index in [1.54, 1.807) is 42.6 Å². The van der Waals surface area contributed by atoms with Gasteiger partial charge in [-0.15, -0.1) is 0 Å². The molecule has 7 nitrogen and oxygen atoms in total. The van der Waals surface area contributed by atoms with Crippen molar-refractivity contribution in [2.24, 2.45) is 0 Å². The van der Waals surface area contributed by atoms with E-state index < -0.39 is 23.5 Å². The maximum atomic E-state index is 13.6. The molecule has 0 spiro atoms. The van der Waals surface area contributed by atoms with E-state index in [1.165, 1.54) is 6.20 Å². The second-order valence-electron chi connectivity index (χ2n) is 9.18. The molecule has 2 heterocycles. The number of hydrogen-bond acceptors (Lipinski definition) is 5. The molecule has 1 saturated carbocycles. The third-order valence-corrected chi connectivity index (χ3v) is 6.20. The highest BCUT2D eigenvalue weighted by Gasteiger charge is 2.34. The van der Waals surface area contributed by atoms with Gasteiger partial charge in [0.05, 0.1) is 17.5 Å². The minimum Gasteiger partial charge on any atom is -0.348 e. The maximum Gasteiger partial charge on any atom is 0.419 e. The number of benzene rings is 2. The fourth-order valence-corrected chi connectivity index (χ4v) is 3.94. The average molecular weight is 536 g/mol. The molecule has 198 valence electrons. The van der Waals surface area contributed by atoms with Gasteiger partial charge in [0.25, 0.3) is 11.8 Å². The first-order valence-corrected chi connectivity index (χ1v) is 12.0. The highest BCUT2D eigenvalue weighted by Crippen LogP contribution is 2.33. The summed E-state index contributed by atoms with van der Waals surface area (Å²) in [5.74, 6) is -2.53. The lowest BCUT2D eigenvalue weighted by Gasteiger charge is -2.12. The van der Waals surface area contributed by atoms with Crippen molar-refractivity contribution in [3.8, 4) is 22.4 Å². The minimum atomic E-state index is -4.93. The van der Waals surface area contributed by atoms with Gasteiger partial charge in [0.15, 0.2) is 0 Å².